The predicted molar refractivity (Wildman–Crippen MR) is 53.6 cm³/mol. The Kier molecular flexibility index (Phi) is 1.54. The predicted octanol–water partition coefficient (Wildman–Crippen LogP) is 2.00. The van der Waals surface area contributed by atoms with Crippen LogP contribution in [0.3, 0.4) is 0 Å². The van der Waals surface area contributed by atoms with E-state index in [1.165, 1.54) is 42.7 Å². The molecule has 1 aliphatic carbocycles. The molecule has 0 aromatic heterocycles. The molecule has 0 aromatic rings. The molecule has 2 heteroatoms. The molecule has 3 aliphatic rings. The Labute approximate surface area is 78.4 Å². The zero-order valence-electron chi connectivity index (χ0n) is 7.71. The van der Waals surface area contributed by atoms with Gasteiger partial charge in [-0.25, -0.2) is 0 Å². The van der Waals surface area contributed by atoms with Crippen molar-refractivity contribution in [1.82, 2.24) is 5.32 Å². The molecular weight excluding hydrogens is 160 g/mol. The lowest BCUT2D eigenvalue weighted by atomic mass is 9.81. The SMILES string of the molecule is C1=CC2=C3NCCCC3CCC2=N1. The third kappa shape index (κ3) is 1.05. The Morgan fingerprint density at radius 3 is 3.38 bits per heavy atom. The minimum atomic E-state index is 0.797. The molecule has 2 nitrogen and oxygen atoms in total. The maximum absolute atomic E-state index is 4.39. The van der Waals surface area contributed by atoms with Gasteiger partial charge in [-0.15, -0.1) is 0 Å². The molecule has 1 unspecified atom stereocenters. The molecule has 68 valence electrons. The van der Waals surface area contributed by atoms with E-state index < -0.39 is 0 Å². The highest BCUT2D eigenvalue weighted by atomic mass is 14.9. The smallest absolute Gasteiger partial charge is 0.0494 e. The van der Waals surface area contributed by atoms with Crippen LogP contribution in [0.15, 0.2) is 28.5 Å². The van der Waals surface area contributed by atoms with Crippen molar-refractivity contribution in [3.8, 4) is 0 Å². The fraction of sp³-hybridized carbons (Fsp3) is 0.545. The van der Waals surface area contributed by atoms with Crippen molar-refractivity contribution in [2.75, 3.05) is 6.54 Å². The van der Waals surface area contributed by atoms with Crippen LogP contribution < -0.4 is 5.32 Å². The zero-order valence-corrected chi connectivity index (χ0v) is 7.71. The lowest BCUT2D eigenvalue weighted by Crippen LogP contribution is -2.33. The van der Waals surface area contributed by atoms with Crippen LogP contribution in [0.5, 0.6) is 0 Å². The Balaban J connectivity index is 2.05. The van der Waals surface area contributed by atoms with Crippen LogP contribution in [0.4, 0.5) is 0 Å². The van der Waals surface area contributed by atoms with Gasteiger partial charge in [-0.1, -0.05) is 0 Å². The highest BCUT2D eigenvalue weighted by molar-refractivity contribution is 6.06. The van der Waals surface area contributed by atoms with Crippen molar-refractivity contribution in [3.63, 3.8) is 0 Å². The molecule has 2 heterocycles. The van der Waals surface area contributed by atoms with Gasteiger partial charge in [0.05, 0.1) is 0 Å². The highest BCUT2D eigenvalue weighted by Gasteiger charge is 2.28. The van der Waals surface area contributed by atoms with E-state index in [0.717, 1.165) is 12.5 Å². The number of nitrogens with zero attached hydrogens (tertiary/aromatic N) is 1. The number of hydrogen-bond acceptors (Lipinski definition) is 2. The van der Waals surface area contributed by atoms with Crippen LogP contribution in [0.1, 0.15) is 25.7 Å². The summed E-state index contributed by atoms with van der Waals surface area (Å²) in [5.41, 5.74) is 4.18. The van der Waals surface area contributed by atoms with Gasteiger partial charge in [0, 0.05) is 29.7 Å². The van der Waals surface area contributed by atoms with Crippen LogP contribution in [0.25, 0.3) is 0 Å². The van der Waals surface area contributed by atoms with Crippen molar-refractivity contribution >= 4 is 5.71 Å². The minimum Gasteiger partial charge on any atom is -0.388 e. The molecule has 1 N–H and O–H groups in total. The lowest BCUT2D eigenvalue weighted by Gasteiger charge is -2.32. The molecule has 13 heavy (non-hydrogen) atoms. The number of fused-ring (bicyclic) bond motifs is 2. The first kappa shape index (κ1) is 7.36. The van der Waals surface area contributed by atoms with Gasteiger partial charge in [0.1, 0.15) is 0 Å². The fourth-order valence-corrected chi connectivity index (χ4v) is 2.59. The maximum atomic E-state index is 4.39. The highest BCUT2D eigenvalue weighted by Crippen LogP contribution is 2.34. The number of rotatable bonds is 0. The number of nitrogens with one attached hydrogen (secondary N) is 1. The largest absolute Gasteiger partial charge is 0.388 e. The topological polar surface area (TPSA) is 24.4 Å². The van der Waals surface area contributed by atoms with Crippen LogP contribution in [-0.4, -0.2) is 12.3 Å². The number of aliphatic imine (C=N–C) groups is 1. The monoisotopic (exact) mass is 174 g/mol. The van der Waals surface area contributed by atoms with Gasteiger partial charge in [0.2, 0.25) is 0 Å². The molecular formula is C11H14N2. The van der Waals surface area contributed by atoms with E-state index in [-0.39, 0.29) is 0 Å². The van der Waals surface area contributed by atoms with Gasteiger partial charge in [-0.2, -0.15) is 0 Å². The van der Waals surface area contributed by atoms with E-state index >= 15 is 0 Å². The standard InChI is InChI=1S/C11H14N2/c1-2-8-3-4-10-9(5-7-12-10)11(8)13-6-1/h5,7-8,13H,1-4,6H2. The Hall–Kier alpha value is -1.05. The Morgan fingerprint density at radius 2 is 2.38 bits per heavy atom. The summed E-state index contributed by atoms with van der Waals surface area (Å²) < 4.78 is 0. The summed E-state index contributed by atoms with van der Waals surface area (Å²) in [6.07, 6.45) is 9.28. The second-order valence-corrected chi connectivity index (χ2v) is 4.02. The second kappa shape index (κ2) is 2.72. The molecule has 2 aliphatic heterocycles. The van der Waals surface area contributed by atoms with E-state index in [4.69, 9.17) is 0 Å². The summed E-state index contributed by atoms with van der Waals surface area (Å²) >= 11 is 0. The van der Waals surface area contributed by atoms with Gasteiger partial charge in [-0.05, 0) is 37.7 Å². The van der Waals surface area contributed by atoms with Gasteiger partial charge in [0.15, 0.2) is 0 Å². The van der Waals surface area contributed by atoms with Crippen LogP contribution in [-0.2, 0) is 0 Å². The zero-order chi connectivity index (χ0) is 8.67. The van der Waals surface area contributed by atoms with E-state index in [1.54, 1.807) is 0 Å². The molecule has 3 rings (SSSR count). The number of hydrogen-bond donors (Lipinski definition) is 1. The van der Waals surface area contributed by atoms with E-state index in [0.29, 0.717) is 0 Å². The lowest BCUT2D eigenvalue weighted by molar-refractivity contribution is 0.417. The van der Waals surface area contributed by atoms with Gasteiger partial charge >= 0.3 is 0 Å². The summed E-state index contributed by atoms with van der Waals surface area (Å²) in [6.45, 7) is 1.15. The van der Waals surface area contributed by atoms with E-state index in [1.807, 2.05) is 6.20 Å². The quantitative estimate of drug-likeness (QED) is 0.597. The molecule has 0 bridgehead atoms. The van der Waals surface area contributed by atoms with Crippen LogP contribution >= 0.6 is 0 Å². The van der Waals surface area contributed by atoms with Crippen molar-refractivity contribution < 1.29 is 0 Å². The fourth-order valence-electron chi connectivity index (χ4n) is 2.59. The minimum absolute atomic E-state index is 0.797. The van der Waals surface area contributed by atoms with Gasteiger partial charge in [0.25, 0.3) is 0 Å². The van der Waals surface area contributed by atoms with Gasteiger partial charge < -0.3 is 5.32 Å². The maximum Gasteiger partial charge on any atom is 0.0494 e. The van der Waals surface area contributed by atoms with E-state index in [2.05, 4.69) is 16.4 Å². The van der Waals surface area contributed by atoms with Gasteiger partial charge in [-0.3, -0.25) is 4.99 Å². The first-order valence-corrected chi connectivity index (χ1v) is 5.17. The second-order valence-electron chi connectivity index (χ2n) is 4.02. The molecule has 0 radical (unpaired) electrons. The first-order chi connectivity index (χ1) is 6.45. The Morgan fingerprint density at radius 1 is 1.38 bits per heavy atom. The number of piperidine rings is 1. The molecule has 0 aromatic carbocycles. The van der Waals surface area contributed by atoms with Crippen LogP contribution in [0, 0.1) is 5.92 Å². The molecule has 0 amide bonds. The molecule has 0 spiro atoms. The first-order valence-electron chi connectivity index (χ1n) is 5.17. The van der Waals surface area contributed by atoms with Crippen molar-refractivity contribution in [2.24, 2.45) is 10.9 Å². The summed E-state index contributed by atoms with van der Waals surface area (Å²) in [5, 5.41) is 3.54. The van der Waals surface area contributed by atoms with Crippen molar-refractivity contribution in [1.29, 1.82) is 0 Å². The molecule has 1 atom stereocenters. The summed E-state index contributed by atoms with van der Waals surface area (Å²) in [4.78, 5) is 4.39. The summed E-state index contributed by atoms with van der Waals surface area (Å²) in [7, 11) is 0. The van der Waals surface area contributed by atoms with Crippen LogP contribution in [0.2, 0.25) is 0 Å². The normalized spacial score (nSPS) is 30.8. The third-order valence-electron chi connectivity index (χ3n) is 3.26. The summed E-state index contributed by atoms with van der Waals surface area (Å²) in [6, 6.07) is 0. The molecule has 1 saturated heterocycles. The summed E-state index contributed by atoms with van der Waals surface area (Å²) in [5.74, 6) is 0.797. The Bertz CT molecular complexity index is 323. The average Bonchev–Trinajstić information content (AvgIpc) is 2.65. The third-order valence-corrected chi connectivity index (χ3v) is 3.26. The number of allylic oxidation sites excluding steroid dienone is 3. The average molecular weight is 174 g/mol. The van der Waals surface area contributed by atoms with Crippen molar-refractivity contribution in [2.45, 2.75) is 25.7 Å². The van der Waals surface area contributed by atoms with E-state index in [9.17, 15) is 0 Å². The van der Waals surface area contributed by atoms with Crippen molar-refractivity contribution in [3.05, 3.63) is 23.5 Å². The molecule has 1 fully saturated rings. The molecule has 0 saturated carbocycles.